The average molecular weight is 268 g/mol. The van der Waals surface area contributed by atoms with Gasteiger partial charge in [-0.15, -0.1) is 11.3 Å². The van der Waals surface area contributed by atoms with Crippen molar-refractivity contribution in [3.05, 3.63) is 16.6 Å². The smallest absolute Gasteiger partial charge is 0.0794 e. The highest BCUT2D eigenvalue weighted by Gasteiger charge is 2.39. The summed E-state index contributed by atoms with van der Waals surface area (Å²) in [4.78, 5) is 8.05. The quantitative estimate of drug-likeness (QED) is 0.610. The van der Waals surface area contributed by atoms with Crippen LogP contribution in [0.5, 0.6) is 0 Å². The summed E-state index contributed by atoms with van der Waals surface area (Å²) < 4.78 is 0. The van der Waals surface area contributed by atoms with E-state index in [-0.39, 0.29) is 11.6 Å². The highest BCUT2D eigenvalue weighted by atomic mass is 32.1. The number of aromatic nitrogens is 1. The highest BCUT2D eigenvalue weighted by Crippen LogP contribution is 2.29. The van der Waals surface area contributed by atoms with Gasteiger partial charge in [0.15, 0.2) is 0 Å². The van der Waals surface area contributed by atoms with Crippen LogP contribution in [0.3, 0.4) is 0 Å². The molecule has 2 heterocycles. The van der Waals surface area contributed by atoms with Crippen LogP contribution in [0.25, 0.3) is 0 Å². The molecule has 2 unspecified atom stereocenters. The third-order valence-electron chi connectivity index (χ3n) is 4.38. The number of hydrogen-bond acceptors (Lipinski definition) is 5. The van der Waals surface area contributed by atoms with Crippen molar-refractivity contribution in [1.29, 1.82) is 0 Å². The first-order chi connectivity index (χ1) is 8.70. The number of rotatable bonds is 6. The molecule has 0 radical (unpaired) electrons. The highest BCUT2D eigenvalue weighted by molar-refractivity contribution is 7.09. The second-order valence-corrected chi connectivity index (χ2v) is 6.27. The predicted molar refractivity (Wildman–Crippen MR) is 76.4 cm³/mol. The van der Waals surface area contributed by atoms with E-state index in [1.54, 1.807) is 11.3 Å². The molecule has 0 spiro atoms. The molecule has 1 aliphatic rings. The van der Waals surface area contributed by atoms with Crippen molar-refractivity contribution in [1.82, 2.24) is 15.3 Å². The monoisotopic (exact) mass is 268 g/mol. The molecule has 1 aromatic rings. The van der Waals surface area contributed by atoms with Crippen LogP contribution >= 0.6 is 11.3 Å². The van der Waals surface area contributed by atoms with Gasteiger partial charge in [0.1, 0.15) is 0 Å². The molecule has 2 rings (SSSR count). The maximum absolute atomic E-state index is 5.83. The van der Waals surface area contributed by atoms with Gasteiger partial charge in [-0.05, 0) is 39.3 Å². The summed E-state index contributed by atoms with van der Waals surface area (Å²) in [5.41, 5.74) is 5.07. The lowest BCUT2D eigenvalue weighted by atomic mass is 9.85. The van der Waals surface area contributed by atoms with Crippen molar-refractivity contribution >= 4 is 11.3 Å². The number of hydrazine groups is 1. The van der Waals surface area contributed by atoms with E-state index in [1.807, 2.05) is 11.7 Å². The Hall–Kier alpha value is -0.490. The van der Waals surface area contributed by atoms with Gasteiger partial charge in [-0.25, -0.2) is 0 Å². The van der Waals surface area contributed by atoms with Gasteiger partial charge in [0.05, 0.1) is 5.51 Å². The van der Waals surface area contributed by atoms with Crippen LogP contribution in [-0.2, 0) is 6.42 Å². The van der Waals surface area contributed by atoms with Crippen LogP contribution in [0.4, 0.5) is 0 Å². The Kier molecular flexibility index (Phi) is 4.72. The molecular formula is C13H24N4S. The van der Waals surface area contributed by atoms with E-state index < -0.39 is 0 Å². The van der Waals surface area contributed by atoms with Gasteiger partial charge in [0.2, 0.25) is 0 Å². The lowest BCUT2D eigenvalue weighted by molar-refractivity contribution is 0.0844. The van der Waals surface area contributed by atoms with E-state index in [1.165, 1.54) is 30.8 Å². The Morgan fingerprint density at radius 2 is 2.28 bits per heavy atom. The van der Waals surface area contributed by atoms with Gasteiger partial charge in [-0.3, -0.25) is 21.2 Å². The summed E-state index contributed by atoms with van der Waals surface area (Å²) in [5, 5.41) is 0. The molecule has 5 heteroatoms. The summed E-state index contributed by atoms with van der Waals surface area (Å²) in [5.74, 6) is 5.83. The summed E-state index contributed by atoms with van der Waals surface area (Å²) in [6.07, 6.45) is 6.65. The van der Waals surface area contributed by atoms with Crippen molar-refractivity contribution in [2.75, 3.05) is 13.1 Å². The number of nitrogens with zero attached hydrogens (tertiary/aromatic N) is 2. The van der Waals surface area contributed by atoms with E-state index >= 15 is 0 Å². The molecule has 2 atom stereocenters. The number of nitrogens with two attached hydrogens (primary N) is 1. The first kappa shape index (κ1) is 13.9. The summed E-state index contributed by atoms with van der Waals surface area (Å²) >= 11 is 1.71. The Labute approximate surface area is 114 Å². The summed E-state index contributed by atoms with van der Waals surface area (Å²) in [6, 6.07) is 0.279. The topological polar surface area (TPSA) is 54.2 Å². The molecule has 1 fully saturated rings. The van der Waals surface area contributed by atoms with Crippen LogP contribution < -0.4 is 11.3 Å². The lowest BCUT2D eigenvalue weighted by Crippen LogP contribution is -2.60. The van der Waals surface area contributed by atoms with E-state index in [0.717, 1.165) is 12.8 Å². The second-order valence-electron chi connectivity index (χ2n) is 5.30. The summed E-state index contributed by atoms with van der Waals surface area (Å²) in [6.45, 7) is 7.00. The van der Waals surface area contributed by atoms with Crippen molar-refractivity contribution < 1.29 is 0 Å². The molecule has 0 bridgehead atoms. The molecule has 1 saturated heterocycles. The molecule has 0 aromatic carbocycles. The third-order valence-corrected chi connectivity index (χ3v) is 5.19. The van der Waals surface area contributed by atoms with E-state index in [9.17, 15) is 0 Å². The maximum Gasteiger partial charge on any atom is 0.0794 e. The van der Waals surface area contributed by atoms with Crippen LogP contribution in [0, 0.1) is 0 Å². The van der Waals surface area contributed by atoms with Gasteiger partial charge in [-0.2, -0.15) is 0 Å². The Balaban J connectivity index is 2.11. The van der Waals surface area contributed by atoms with E-state index in [2.05, 4.69) is 29.2 Å². The van der Waals surface area contributed by atoms with Gasteiger partial charge >= 0.3 is 0 Å². The van der Waals surface area contributed by atoms with Crippen LogP contribution in [0.1, 0.15) is 38.0 Å². The molecule has 0 saturated carbocycles. The number of likely N-dealkylation sites (tertiary alicyclic amines) is 1. The molecule has 102 valence electrons. The zero-order chi connectivity index (χ0) is 13.0. The fourth-order valence-electron chi connectivity index (χ4n) is 2.92. The first-order valence-electron chi connectivity index (χ1n) is 6.79. The second kappa shape index (κ2) is 6.10. The van der Waals surface area contributed by atoms with Crippen molar-refractivity contribution in [2.45, 2.75) is 51.1 Å². The predicted octanol–water partition coefficient (Wildman–Crippen LogP) is 1.78. The molecule has 0 aliphatic carbocycles. The number of thiazole rings is 1. The lowest BCUT2D eigenvalue weighted by Gasteiger charge is -2.44. The minimum absolute atomic E-state index is 0.134. The van der Waals surface area contributed by atoms with Gasteiger partial charge in [-0.1, -0.05) is 6.92 Å². The zero-order valence-corrected chi connectivity index (χ0v) is 12.2. The number of hydrogen-bond donors (Lipinski definition) is 2. The fourth-order valence-corrected chi connectivity index (χ4v) is 3.56. The normalized spacial score (nSPS) is 21.9. The Bertz CT molecular complexity index is 348. The van der Waals surface area contributed by atoms with E-state index in [4.69, 9.17) is 5.84 Å². The Morgan fingerprint density at radius 1 is 1.56 bits per heavy atom. The molecule has 4 nitrogen and oxygen atoms in total. The standard InChI is InChI=1S/C13H24N4S/c1-3-13(2,17-6-4-5-7-17)12(16-14)8-11-9-15-10-18-11/h9-10,12,16H,3-8,14H2,1-2H3. The third kappa shape index (κ3) is 2.74. The van der Waals surface area contributed by atoms with Gasteiger partial charge in [0, 0.05) is 29.1 Å². The Morgan fingerprint density at radius 3 is 2.78 bits per heavy atom. The van der Waals surface area contributed by atoms with Crippen molar-refractivity contribution in [2.24, 2.45) is 5.84 Å². The molecule has 18 heavy (non-hydrogen) atoms. The molecule has 1 aromatic heterocycles. The number of nitrogens with one attached hydrogen (secondary N) is 1. The molecule has 0 amide bonds. The first-order valence-corrected chi connectivity index (χ1v) is 7.67. The maximum atomic E-state index is 5.83. The molecule has 3 N–H and O–H groups in total. The van der Waals surface area contributed by atoms with Gasteiger partial charge in [0.25, 0.3) is 0 Å². The van der Waals surface area contributed by atoms with Crippen LogP contribution in [-0.4, -0.2) is 34.6 Å². The minimum atomic E-state index is 0.134. The van der Waals surface area contributed by atoms with Crippen LogP contribution in [0.2, 0.25) is 0 Å². The van der Waals surface area contributed by atoms with Gasteiger partial charge < -0.3 is 0 Å². The molecular weight excluding hydrogens is 244 g/mol. The largest absolute Gasteiger partial charge is 0.296 e. The molecule has 1 aliphatic heterocycles. The van der Waals surface area contributed by atoms with Crippen molar-refractivity contribution in [3.8, 4) is 0 Å². The van der Waals surface area contributed by atoms with Crippen LogP contribution in [0.15, 0.2) is 11.7 Å². The average Bonchev–Trinajstić information content (AvgIpc) is 3.07. The van der Waals surface area contributed by atoms with E-state index in [0.29, 0.717) is 0 Å². The SMILES string of the molecule is CCC(C)(C(Cc1cncs1)NN)N1CCCC1. The fraction of sp³-hybridized carbons (Fsp3) is 0.769. The van der Waals surface area contributed by atoms with Crippen molar-refractivity contribution in [3.63, 3.8) is 0 Å². The zero-order valence-electron chi connectivity index (χ0n) is 11.4. The summed E-state index contributed by atoms with van der Waals surface area (Å²) in [7, 11) is 0. The minimum Gasteiger partial charge on any atom is -0.296 e.